The van der Waals surface area contributed by atoms with Crippen LogP contribution in [0.25, 0.3) is 0 Å². The second-order valence-electron chi connectivity index (χ2n) is 9.69. The summed E-state index contributed by atoms with van der Waals surface area (Å²) in [5.41, 5.74) is 2.09. The molecule has 0 heterocycles. The lowest BCUT2D eigenvalue weighted by Crippen LogP contribution is -2.51. The van der Waals surface area contributed by atoms with Crippen molar-refractivity contribution in [2.24, 2.45) is 40.4 Å². The Morgan fingerprint density at radius 2 is 1.88 bits per heavy atom. The minimum absolute atomic E-state index is 0.207. The van der Waals surface area contributed by atoms with Crippen LogP contribution in [0.4, 0.5) is 0 Å². The van der Waals surface area contributed by atoms with Crippen LogP contribution >= 0.6 is 0 Å². The molecule has 4 aliphatic rings. The molecule has 2 nitrogen and oxygen atoms in total. The lowest BCUT2D eigenvalue weighted by Gasteiger charge is -2.58. The molecule has 3 saturated carbocycles. The van der Waals surface area contributed by atoms with E-state index in [0.717, 1.165) is 37.0 Å². The van der Waals surface area contributed by atoms with Crippen molar-refractivity contribution >= 4 is 12.1 Å². The standard InChI is InChI=1S/C22H32O2/c1-14(13-23)18-6-7-19-17-5-4-15-12-16(24)8-10-21(15,2)20(17)9-11-22(18,19)3/h12-14,17-20H,4-11H2,1-3H3/t14-,17-,18+,19-,20-,21+,22-/m1/s1. The first-order valence-corrected chi connectivity index (χ1v) is 10.1. The molecule has 4 aliphatic carbocycles. The predicted molar refractivity (Wildman–Crippen MR) is 95.4 cm³/mol. The van der Waals surface area contributed by atoms with E-state index in [1.165, 1.54) is 44.0 Å². The van der Waals surface area contributed by atoms with Gasteiger partial charge in [-0.1, -0.05) is 26.3 Å². The second kappa shape index (κ2) is 5.54. The number of fused-ring (bicyclic) bond motifs is 5. The monoisotopic (exact) mass is 328 g/mol. The molecule has 0 aromatic heterocycles. The lowest BCUT2D eigenvalue weighted by molar-refractivity contribution is -0.118. The predicted octanol–water partition coefficient (Wildman–Crippen LogP) is 4.97. The van der Waals surface area contributed by atoms with Crippen LogP contribution in [-0.2, 0) is 9.59 Å². The molecule has 3 fully saturated rings. The number of hydrogen-bond acceptors (Lipinski definition) is 2. The molecular weight excluding hydrogens is 296 g/mol. The third-order valence-corrected chi connectivity index (χ3v) is 8.88. The largest absolute Gasteiger partial charge is 0.303 e. The summed E-state index contributed by atoms with van der Waals surface area (Å²) < 4.78 is 0. The van der Waals surface area contributed by atoms with E-state index in [4.69, 9.17) is 0 Å². The Kier molecular flexibility index (Phi) is 3.82. The third-order valence-electron chi connectivity index (χ3n) is 8.88. The van der Waals surface area contributed by atoms with Gasteiger partial charge in [-0.25, -0.2) is 0 Å². The Morgan fingerprint density at radius 1 is 1.08 bits per heavy atom. The van der Waals surface area contributed by atoms with E-state index in [1.54, 1.807) is 0 Å². The molecule has 0 spiro atoms. The Hall–Kier alpha value is -0.920. The average Bonchev–Trinajstić information content (AvgIpc) is 2.92. The van der Waals surface area contributed by atoms with Gasteiger partial charge in [0.15, 0.2) is 5.78 Å². The van der Waals surface area contributed by atoms with E-state index in [1.807, 2.05) is 6.08 Å². The van der Waals surface area contributed by atoms with Crippen LogP contribution < -0.4 is 0 Å². The fourth-order valence-corrected chi connectivity index (χ4v) is 7.56. The first kappa shape index (κ1) is 16.5. The maximum Gasteiger partial charge on any atom is 0.155 e. The van der Waals surface area contributed by atoms with Gasteiger partial charge in [-0.3, -0.25) is 4.79 Å². The molecule has 132 valence electrons. The van der Waals surface area contributed by atoms with Gasteiger partial charge in [-0.15, -0.1) is 0 Å². The van der Waals surface area contributed by atoms with Crippen LogP contribution in [0.5, 0.6) is 0 Å². The van der Waals surface area contributed by atoms with Crippen molar-refractivity contribution in [1.82, 2.24) is 0 Å². The quantitative estimate of drug-likeness (QED) is 0.671. The van der Waals surface area contributed by atoms with Gasteiger partial charge in [-0.05, 0) is 85.5 Å². The highest BCUT2D eigenvalue weighted by Gasteiger charge is 2.59. The smallest absolute Gasteiger partial charge is 0.155 e. The summed E-state index contributed by atoms with van der Waals surface area (Å²) in [4.78, 5) is 23.3. The van der Waals surface area contributed by atoms with Gasteiger partial charge < -0.3 is 4.79 Å². The lowest BCUT2D eigenvalue weighted by atomic mass is 9.46. The molecule has 0 unspecified atom stereocenters. The van der Waals surface area contributed by atoms with Crippen molar-refractivity contribution in [2.75, 3.05) is 0 Å². The van der Waals surface area contributed by atoms with Gasteiger partial charge in [0.2, 0.25) is 0 Å². The van der Waals surface area contributed by atoms with Crippen molar-refractivity contribution in [2.45, 2.75) is 72.1 Å². The first-order valence-electron chi connectivity index (χ1n) is 10.1. The molecular formula is C22H32O2. The van der Waals surface area contributed by atoms with E-state index in [0.29, 0.717) is 17.1 Å². The topological polar surface area (TPSA) is 34.1 Å². The molecule has 0 aromatic carbocycles. The summed E-state index contributed by atoms with van der Waals surface area (Å²) in [7, 11) is 0. The van der Waals surface area contributed by atoms with E-state index in [-0.39, 0.29) is 11.3 Å². The second-order valence-corrected chi connectivity index (χ2v) is 9.69. The van der Waals surface area contributed by atoms with Crippen LogP contribution in [0, 0.1) is 40.4 Å². The Bertz CT molecular complexity index is 591. The number of rotatable bonds is 2. The normalized spacial score (nSPS) is 48.8. The zero-order valence-electron chi connectivity index (χ0n) is 15.5. The summed E-state index contributed by atoms with van der Waals surface area (Å²) in [6, 6.07) is 0. The summed E-state index contributed by atoms with van der Waals surface area (Å²) in [5, 5.41) is 0. The molecule has 0 N–H and O–H groups in total. The van der Waals surface area contributed by atoms with E-state index in [2.05, 4.69) is 20.8 Å². The Balaban J connectivity index is 1.65. The molecule has 24 heavy (non-hydrogen) atoms. The van der Waals surface area contributed by atoms with Crippen molar-refractivity contribution in [3.63, 3.8) is 0 Å². The van der Waals surface area contributed by atoms with Crippen molar-refractivity contribution in [3.8, 4) is 0 Å². The van der Waals surface area contributed by atoms with Gasteiger partial charge in [-0.2, -0.15) is 0 Å². The molecule has 0 aromatic rings. The summed E-state index contributed by atoms with van der Waals surface area (Å²) >= 11 is 0. The number of aldehydes is 1. The first-order chi connectivity index (χ1) is 11.4. The SMILES string of the molecule is C[C@H](C=O)[C@@H]1CC[C@@H]2[C@H]3CCC4=CC(=O)CC[C@]4(C)[C@@H]3CC[C@@]21C. The van der Waals surface area contributed by atoms with Crippen molar-refractivity contribution in [3.05, 3.63) is 11.6 Å². The number of ketones is 1. The average molecular weight is 328 g/mol. The molecule has 0 radical (unpaired) electrons. The minimum Gasteiger partial charge on any atom is -0.303 e. The zero-order valence-corrected chi connectivity index (χ0v) is 15.5. The van der Waals surface area contributed by atoms with Gasteiger partial charge >= 0.3 is 0 Å². The van der Waals surface area contributed by atoms with Gasteiger partial charge in [0, 0.05) is 12.3 Å². The molecule has 7 atom stereocenters. The maximum atomic E-state index is 11.9. The van der Waals surface area contributed by atoms with Crippen LogP contribution in [0.2, 0.25) is 0 Å². The molecule has 0 bridgehead atoms. The Labute approximate surface area is 146 Å². The zero-order chi connectivity index (χ0) is 17.1. The highest BCUT2D eigenvalue weighted by molar-refractivity contribution is 5.91. The van der Waals surface area contributed by atoms with E-state index in [9.17, 15) is 9.59 Å². The van der Waals surface area contributed by atoms with Gasteiger partial charge in [0.05, 0.1) is 0 Å². The maximum absolute atomic E-state index is 11.9. The summed E-state index contributed by atoms with van der Waals surface area (Å²) in [5.74, 6) is 3.50. The van der Waals surface area contributed by atoms with Crippen LogP contribution in [-0.4, -0.2) is 12.1 Å². The van der Waals surface area contributed by atoms with Crippen LogP contribution in [0.15, 0.2) is 11.6 Å². The molecule has 0 amide bonds. The van der Waals surface area contributed by atoms with E-state index >= 15 is 0 Å². The fourth-order valence-electron chi connectivity index (χ4n) is 7.56. The van der Waals surface area contributed by atoms with E-state index < -0.39 is 0 Å². The minimum atomic E-state index is 0.207. The number of hydrogen-bond donors (Lipinski definition) is 0. The fraction of sp³-hybridized carbons (Fsp3) is 0.818. The number of carbonyl (C=O) groups excluding carboxylic acids is 2. The highest BCUT2D eigenvalue weighted by atomic mass is 16.1. The van der Waals surface area contributed by atoms with Crippen molar-refractivity contribution in [1.29, 1.82) is 0 Å². The Morgan fingerprint density at radius 3 is 2.62 bits per heavy atom. The van der Waals surface area contributed by atoms with Crippen molar-refractivity contribution < 1.29 is 9.59 Å². The summed E-state index contributed by atoms with van der Waals surface area (Å²) in [6.45, 7) is 7.07. The summed E-state index contributed by atoms with van der Waals surface area (Å²) in [6.07, 6.45) is 12.5. The van der Waals surface area contributed by atoms with Crippen LogP contribution in [0.3, 0.4) is 0 Å². The molecule has 0 aliphatic heterocycles. The van der Waals surface area contributed by atoms with Gasteiger partial charge in [0.1, 0.15) is 6.29 Å². The molecule has 2 heteroatoms. The van der Waals surface area contributed by atoms with Gasteiger partial charge in [0.25, 0.3) is 0 Å². The number of allylic oxidation sites excluding steroid dienone is 1. The third kappa shape index (κ3) is 2.14. The number of carbonyl (C=O) groups is 2. The van der Waals surface area contributed by atoms with Crippen LogP contribution in [0.1, 0.15) is 72.1 Å². The molecule has 4 rings (SSSR count). The highest BCUT2D eigenvalue weighted by Crippen LogP contribution is 2.67. The molecule has 0 saturated heterocycles.